The van der Waals surface area contributed by atoms with E-state index in [1.165, 1.54) is 0 Å². The Morgan fingerprint density at radius 3 is 2.52 bits per heavy atom. The number of carbonyl (C=O) groups is 1. The summed E-state index contributed by atoms with van der Waals surface area (Å²) in [5, 5.41) is 2.76. The number of benzene rings is 2. The maximum absolute atomic E-state index is 12.0. The van der Waals surface area contributed by atoms with Gasteiger partial charge in [-0.1, -0.05) is 36.1 Å². The molecular formula is C18H16INO3. The Morgan fingerprint density at radius 2 is 1.78 bits per heavy atom. The number of hydrogen-bond donors (Lipinski definition) is 1. The Balaban J connectivity index is 1.78. The van der Waals surface area contributed by atoms with Gasteiger partial charge in [0, 0.05) is 3.57 Å². The van der Waals surface area contributed by atoms with Crippen LogP contribution in [0.15, 0.2) is 48.5 Å². The number of amides is 1. The molecule has 0 spiro atoms. The summed E-state index contributed by atoms with van der Waals surface area (Å²) in [5.74, 6) is 6.91. The van der Waals surface area contributed by atoms with Crippen LogP contribution in [0.25, 0.3) is 0 Å². The van der Waals surface area contributed by atoms with E-state index in [-0.39, 0.29) is 19.1 Å². The highest BCUT2D eigenvalue weighted by atomic mass is 127. The molecule has 1 amide bonds. The minimum absolute atomic E-state index is 0.130. The molecule has 2 aromatic carbocycles. The average molecular weight is 421 g/mol. The van der Waals surface area contributed by atoms with E-state index in [0.29, 0.717) is 17.1 Å². The first kappa shape index (κ1) is 17.2. The van der Waals surface area contributed by atoms with Crippen molar-refractivity contribution in [3.8, 4) is 23.3 Å². The molecule has 0 heterocycles. The van der Waals surface area contributed by atoms with E-state index in [1.54, 1.807) is 13.2 Å². The molecule has 0 aromatic heterocycles. The molecule has 23 heavy (non-hydrogen) atoms. The number of halogens is 1. The number of ether oxygens (including phenoxy) is 2. The molecule has 0 fully saturated rings. The Kier molecular flexibility index (Phi) is 6.76. The van der Waals surface area contributed by atoms with Gasteiger partial charge in [-0.05, 0) is 46.9 Å². The lowest BCUT2D eigenvalue weighted by Crippen LogP contribution is -2.24. The van der Waals surface area contributed by atoms with Crippen LogP contribution in [0.3, 0.4) is 0 Å². The van der Waals surface area contributed by atoms with E-state index in [9.17, 15) is 4.79 Å². The predicted octanol–water partition coefficient (Wildman–Crippen LogP) is 3.11. The lowest BCUT2D eigenvalue weighted by molar-refractivity contribution is 0.0958. The van der Waals surface area contributed by atoms with Crippen LogP contribution in [0.1, 0.15) is 10.4 Å². The van der Waals surface area contributed by atoms with Gasteiger partial charge in [0.25, 0.3) is 5.91 Å². The second-order valence-electron chi connectivity index (χ2n) is 4.46. The molecule has 4 nitrogen and oxygen atoms in total. The van der Waals surface area contributed by atoms with Gasteiger partial charge in [0.15, 0.2) is 11.5 Å². The second kappa shape index (κ2) is 9.06. The molecule has 0 unspecified atom stereocenters. The highest BCUT2D eigenvalue weighted by molar-refractivity contribution is 14.1. The molecule has 0 saturated carbocycles. The third kappa shape index (κ3) is 5.18. The Hall–Kier alpha value is -2.20. The fourth-order valence-corrected chi connectivity index (χ4v) is 2.46. The summed E-state index contributed by atoms with van der Waals surface area (Å²) in [6.45, 7) is 0.512. The van der Waals surface area contributed by atoms with Crippen LogP contribution in [0.5, 0.6) is 11.5 Å². The van der Waals surface area contributed by atoms with Crippen molar-refractivity contribution < 1.29 is 14.3 Å². The fraction of sp³-hybridized carbons (Fsp3) is 0.167. The topological polar surface area (TPSA) is 47.6 Å². The minimum Gasteiger partial charge on any atom is -0.493 e. The van der Waals surface area contributed by atoms with E-state index in [1.807, 2.05) is 42.5 Å². The summed E-state index contributed by atoms with van der Waals surface area (Å²) in [4.78, 5) is 12.0. The molecule has 1 N–H and O–H groups in total. The molecule has 0 aliphatic rings. The van der Waals surface area contributed by atoms with Crippen molar-refractivity contribution >= 4 is 28.5 Å². The largest absolute Gasteiger partial charge is 0.493 e. The normalized spacial score (nSPS) is 9.48. The van der Waals surface area contributed by atoms with Gasteiger partial charge in [0.2, 0.25) is 0 Å². The van der Waals surface area contributed by atoms with Crippen molar-refractivity contribution in [3.63, 3.8) is 0 Å². The van der Waals surface area contributed by atoms with Crippen molar-refractivity contribution in [1.29, 1.82) is 0 Å². The second-order valence-corrected chi connectivity index (χ2v) is 5.62. The van der Waals surface area contributed by atoms with Gasteiger partial charge in [-0.25, -0.2) is 0 Å². The maximum Gasteiger partial charge on any atom is 0.253 e. The van der Waals surface area contributed by atoms with Gasteiger partial charge >= 0.3 is 0 Å². The third-order valence-corrected chi connectivity index (χ3v) is 3.89. The van der Waals surface area contributed by atoms with Crippen molar-refractivity contribution in [1.82, 2.24) is 5.32 Å². The van der Waals surface area contributed by atoms with Crippen LogP contribution >= 0.6 is 22.6 Å². The van der Waals surface area contributed by atoms with Crippen LogP contribution in [-0.4, -0.2) is 26.2 Å². The average Bonchev–Trinajstić information content (AvgIpc) is 2.58. The Morgan fingerprint density at radius 1 is 1.09 bits per heavy atom. The van der Waals surface area contributed by atoms with Gasteiger partial charge < -0.3 is 14.8 Å². The summed E-state index contributed by atoms with van der Waals surface area (Å²) in [6.07, 6.45) is 0. The monoisotopic (exact) mass is 421 g/mol. The molecule has 2 rings (SSSR count). The molecule has 118 valence electrons. The van der Waals surface area contributed by atoms with E-state index < -0.39 is 0 Å². The van der Waals surface area contributed by atoms with E-state index in [0.717, 1.165) is 3.57 Å². The highest BCUT2D eigenvalue weighted by Crippen LogP contribution is 2.25. The van der Waals surface area contributed by atoms with E-state index in [4.69, 9.17) is 9.47 Å². The number of para-hydroxylation sites is 2. The number of hydrogen-bond acceptors (Lipinski definition) is 3. The first-order valence-corrected chi connectivity index (χ1v) is 8.04. The number of methoxy groups -OCH3 is 1. The van der Waals surface area contributed by atoms with Crippen LogP contribution in [0, 0.1) is 15.4 Å². The molecule has 5 heteroatoms. The van der Waals surface area contributed by atoms with Crippen LogP contribution in [0.2, 0.25) is 0 Å². The third-order valence-electron chi connectivity index (χ3n) is 2.95. The lowest BCUT2D eigenvalue weighted by Gasteiger charge is -2.07. The van der Waals surface area contributed by atoms with Crippen molar-refractivity contribution in [2.45, 2.75) is 0 Å². The van der Waals surface area contributed by atoms with Crippen LogP contribution < -0.4 is 14.8 Å². The molecular weight excluding hydrogens is 405 g/mol. The molecule has 0 aliphatic heterocycles. The van der Waals surface area contributed by atoms with Crippen molar-refractivity contribution in [3.05, 3.63) is 57.7 Å². The maximum atomic E-state index is 12.0. The fourth-order valence-electron chi connectivity index (χ4n) is 1.83. The smallest absolute Gasteiger partial charge is 0.253 e. The molecule has 0 atom stereocenters. The molecule has 0 radical (unpaired) electrons. The van der Waals surface area contributed by atoms with Crippen LogP contribution in [-0.2, 0) is 0 Å². The lowest BCUT2D eigenvalue weighted by atomic mass is 10.2. The number of carbonyl (C=O) groups excluding carboxylic acids is 1. The van der Waals surface area contributed by atoms with E-state index in [2.05, 4.69) is 39.7 Å². The van der Waals surface area contributed by atoms with Crippen molar-refractivity contribution in [2.75, 3.05) is 20.3 Å². The highest BCUT2D eigenvalue weighted by Gasteiger charge is 2.07. The van der Waals surface area contributed by atoms with Gasteiger partial charge in [0.1, 0.15) is 6.61 Å². The molecule has 0 bridgehead atoms. The quantitative estimate of drug-likeness (QED) is 0.597. The summed E-state index contributed by atoms with van der Waals surface area (Å²) in [7, 11) is 1.59. The summed E-state index contributed by atoms with van der Waals surface area (Å²) in [6, 6.07) is 14.8. The molecule has 0 saturated heterocycles. The summed E-state index contributed by atoms with van der Waals surface area (Å²) < 4.78 is 11.6. The zero-order chi connectivity index (χ0) is 16.5. The van der Waals surface area contributed by atoms with Gasteiger partial charge in [0.05, 0.1) is 19.2 Å². The number of rotatable bonds is 5. The van der Waals surface area contributed by atoms with E-state index >= 15 is 0 Å². The van der Waals surface area contributed by atoms with Crippen molar-refractivity contribution in [2.24, 2.45) is 0 Å². The molecule has 2 aromatic rings. The Bertz CT molecular complexity index is 734. The molecule has 0 aliphatic carbocycles. The number of nitrogens with one attached hydrogen (secondary N) is 1. The SMILES string of the molecule is COc1ccccc1OCC#CCNC(=O)c1ccccc1I. The summed E-state index contributed by atoms with van der Waals surface area (Å²) in [5.41, 5.74) is 0.653. The zero-order valence-electron chi connectivity index (χ0n) is 12.6. The van der Waals surface area contributed by atoms with Gasteiger partial charge in [-0.15, -0.1) is 0 Å². The first-order chi connectivity index (χ1) is 11.2. The van der Waals surface area contributed by atoms with Crippen LogP contribution in [0.4, 0.5) is 0 Å². The van der Waals surface area contributed by atoms with Gasteiger partial charge in [-0.2, -0.15) is 0 Å². The standard InChI is InChI=1S/C18H16INO3/c1-22-16-10-4-5-11-17(16)23-13-7-6-12-20-18(21)14-8-2-3-9-15(14)19/h2-5,8-11H,12-13H2,1H3,(H,20,21). The summed E-state index contributed by atoms with van der Waals surface area (Å²) >= 11 is 2.13. The van der Waals surface area contributed by atoms with Gasteiger partial charge in [-0.3, -0.25) is 4.79 Å². The predicted molar refractivity (Wildman–Crippen MR) is 97.8 cm³/mol. The minimum atomic E-state index is -0.130. The Labute approximate surface area is 149 Å². The zero-order valence-corrected chi connectivity index (χ0v) is 14.8. The first-order valence-electron chi connectivity index (χ1n) is 6.96.